The van der Waals surface area contributed by atoms with Crippen molar-refractivity contribution in [2.75, 3.05) is 0 Å². The van der Waals surface area contributed by atoms with E-state index in [1.54, 1.807) is 13.8 Å². The van der Waals surface area contributed by atoms with Crippen LogP contribution in [-0.2, 0) is 4.79 Å². The number of pyridine rings is 1. The van der Waals surface area contributed by atoms with Gasteiger partial charge in [-0.25, -0.2) is 14.8 Å². The van der Waals surface area contributed by atoms with E-state index in [2.05, 4.69) is 15.3 Å². The number of carbonyl (C=O) groups excluding carboxylic acids is 1. The molecule has 1 aromatic heterocycles. The molecule has 0 fully saturated rings. The molecule has 0 bridgehead atoms. The zero-order valence-electron chi connectivity index (χ0n) is 14.0. The van der Waals surface area contributed by atoms with Gasteiger partial charge in [0.1, 0.15) is 11.2 Å². The first-order chi connectivity index (χ1) is 11.3. The van der Waals surface area contributed by atoms with Gasteiger partial charge in [0.15, 0.2) is 5.84 Å². The van der Waals surface area contributed by atoms with Gasteiger partial charge >= 0.3 is 5.97 Å². The minimum Gasteiger partial charge on any atom is -0.478 e. The van der Waals surface area contributed by atoms with Gasteiger partial charge in [0, 0.05) is 5.39 Å². The van der Waals surface area contributed by atoms with Crippen molar-refractivity contribution in [3.05, 3.63) is 41.1 Å². The molecule has 1 amide bonds. The van der Waals surface area contributed by atoms with Crippen LogP contribution in [0.2, 0.25) is 0 Å². The van der Waals surface area contributed by atoms with Gasteiger partial charge in [-0.15, -0.1) is 0 Å². The number of aryl methyl sites for hydroxylation is 1. The second-order valence-corrected chi connectivity index (χ2v) is 6.50. The minimum absolute atomic E-state index is 0.0233. The summed E-state index contributed by atoms with van der Waals surface area (Å²) < 4.78 is 0. The SMILES string of the molecule is Cc1c(C(=O)O)c(C2=NC(C)(C(C)C)C(=O)N2)nc2ccccc12. The molecule has 1 atom stereocenters. The van der Waals surface area contributed by atoms with Crippen LogP contribution in [0.15, 0.2) is 29.3 Å². The summed E-state index contributed by atoms with van der Waals surface area (Å²) in [5.41, 5.74) is 0.632. The third-order valence-electron chi connectivity index (χ3n) is 4.75. The largest absolute Gasteiger partial charge is 0.478 e. The number of para-hydroxylation sites is 1. The quantitative estimate of drug-likeness (QED) is 0.907. The van der Waals surface area contributed by atoms with Crippen LogP contribution in [-0.4, -0.2) is 33.3 Å². The number of hydrogen-bond donors (Lipinski definition) is 2. The first-order valence-electron chi connectivity index (χ1n) is 7.80. The summed E-state index contributed by atoms with van der Waals surface area (Å²) in [7, 11) is 0. The predicted octanol–water partition coefficient (Wildman–Crippen LogP) is 2.53. The highest BCUT2D eigenvalue weighted by molar-refractivity contribution is 6.18. The summed E-state index contributed by atoms with van der Waals surface area (Å²) >= 11 is 0. The Morgan fingerprint density at radius 2 is 1.96 bits per heavy atom. The number of carboxylic acids is 1. The van der Waals surface area contributed by atoms with Crippen molar-refractivity contribution < 1.29 is 14.7 Å². The minimum atomic E-state index is -1.09. The molecule has 3 rings (SSSR count). The maximum atomic E-state index is 12.4. The number of nitrogens with zero attached hydrogens (tertiary/aromatic N) is 2. The number of aliphatic imine (C=N–C) groups is 1. The highest BCUT2D eigenvalue weighted by Gasteiger charge is 2.43. The lowest BCUT2D eigenvalue weighted by atomic mass is 9.89. The summed E-state index contributed by atoms with van der Waals surface area (Å²) in [6, 6.07) is 7.33. The fraction of sp³-hybridized carbons (Fsp3) is 0.333. The molecule has 124 valence electrons. The second kappa shape index (κ2) is 5.40. The average Bonchev–Trinajstić information content (AvgIpc) is 2.83. The molecule has 0 saturated heterocycles. The Bertz CT molecular complexity index is 902. The molecule has 2 aromatic rings. The number of aromatic nitrogens is 1. The fourth-order valence-electron chi connectivity index (χ4n) is 2.86. The van der Waals surface area contributed by atoms with Crippen molar-refractivity contribution in [3.8, 4) is 0 Å². The van der Waals surface area contributed by atoms with E-state index in [1.807, 2.05) is 38.1 Å². The molecule has 1 unspecified atom stereocenters. The molecule has 1 aliphatic rings. The Morgan fingerprint density at radius 1 is 1.29 bits per heavy atom. The van der Waals surface area contributed by atoms with Crippen LogP contribution >= 0.6 is 0 Å². The summed E-state index contributed by atoms with van der Waals surface area (Å²) in [6.45, 7) is 7.30. The lowest BCUT2D eigenvalue weighted by molar-refractivity contribution is -0.124. The van der Waals surface area contributed by atoms with Gasteiger partial charge in [-0.2, -0.15) is 0 Å². The van der Waals surface area contributed by atoms with Crippen LogP contribution in [0, 0.1) is 12.8 Å². The topological polar surface area (TPSA) is 91.6 Å². The number of benzene rings is 1. The van der Waals surface area contributed by atoms with Gasteiger partial charge in [0.05, 0.1) is 11.1 Å². The Hall–Kier alpha value is -2.76. The molecular weight excluding hydrogens is 306 g/mol. The van der Waals surface area contributed by atoms with E-state index in [0.717, 1.165) is 5.39 Å². The van der Waals surface area contributed by atoms with E-state index >= 15 is 0 Å². The molecule has 0 aliphatic carbocycles. The Balaban J connectivity index is 2.29. The summed E-state index contributed by atoms with van der Waals surface area (Å²) in [5, 5.41) is 13.2. The van der Waals surface area contributed by atoms with Crippen LogP contribution in [0.5, 0.6) is 0 Å². The maximum Gasteiger partial charge on any atom is 0.338 e. The first kappa shape index (κ1) is 16.1. The summed E-state index contributed by atoms with van der Waals surface area (Å²) in [4.78, 5) is 33.1. The van der Waals surface area contributed by atoms with Gasteiger partial charge in [-0.1, -0.05) is 32.0 Å². The van der Waals surface area contributed by atoms with E-state index in [4.69, 9.17) is 0 Å². The second-order valence-electron chi connectivity index (χ2n) is 6.50. The molecule has 6 heteroatoms. The van der Waals surface area contributed by atoms with Gasteiger partial charge in [-0.05, 0) is 31.4 Å². The van der Waals surface area contributed by atoms with E-state index in [-0.39, 0.29) is 28.9 Å². The van der Waals surface area contributed by atoms with Crippen LogP contribution in [0.4, 0.5) is 0 Å². The number of amidine groups is 1. The van der Waals surface area contributed by atoms with E-state index < -0.39 is 11.5 Å². The number of hydrogen-bond acceptors (Lipinski definition) is 4. The number of aromatic carboxylic acids is 1. The van der Waals surface area contributed by atoms with Crippen LogP contribution in [0.25, 0.3) is 10.9 Å². The molecule has 0 saturated carbocycles. The van der Waals surface area contributed by atoms with Crippen molar-refractivity contribution >= 4 is 28.6 Å². The molecular formula is C18H19N3O3. The third kappa shape index (κ3) is 2.26. The smallest absolute Gasteiger partial charge is 0.338 e. The molecule has 0 radical (unpaired) electrons. The number of carbonyl (C=O) groups is 2. The van der Waals surface area contributed by atoms with Crippen LogP contribution in [0.3, 0.4) is 0 Å². The molecule has 6 nitrogen and oxygen atoms in total. The third-order valence-corrected chi connectivity index (χ3v) is 4.75. The van der Waals surface area contributed by atoms with Crippen molar-refractivity contribution in [3.63, 3.8) is 0 Å². The Morgan fingerprint density at radius 3 is 2.54 bits per heavy atom. The molecule has 2 heterocycles. The monoisotopic (exact) mass is 325 g/mol. The molecule has 1 aliphatic heterocycles. The highest BCUT2D eigenvalue weighted by atomic mass is 16.4. The fourth-order valence-corrected chi connectivity index (χ4v) is 2.86. The first-order valence-corrected chi connectivity index (χ1v) is 7.80. The maximum absolute atomic E-state index is 12.4. The van der Waals surface area contributed by atoms with Crippen molar-refractivity contribution in [1.29, 1.82) is 0 Å². The number of amides is 1. The number of fused-ring (bicyclic) bond motifs is 1. The average molecular weight is 325 g/mol. The van der Waals surface area contributed by atoms with E-state index in [9.17, 15) is 14.7 Å². The Kier molecular flexibility index (Phi) is 3.63. The van der Waals surface area contributed by atoms with E-state index in [0.29, 0.717) is 11.1 Å². The lowest BCUT2D eigenvalue weighted by Gasteiger charge is -2.21. The molecule has 2 N–H and O–H groups in total. The van der Waals surface area contributed by atoms with Gasteiger partial charge in [0.2, 0.25) is 0 Å². The van der Waals surface area contributed by atoms with Gasteiger partial charge in [-0.3, -0.25) is 4.79 Å². The standard InChI is InChI=1S/C18H19N3O3/c1-9(2)18(4)17(24)20-15(21-18)14-13(16(22)23)10(3)11-7-5-6-8-12(11)19-14/h5-9H,1-4H3,(H,22,23)(H,20,21,24). The van der Waals surface area contributed by atoms with Gasteiger partial charge < -0.3 is 10.4 Å². The normalized spacial score (nSPS) is 20.4. The Labute approximate surface area is 139 Å². The van der Waals surface area contributed by atoms with Crippen LogP contribution < -0.4 is 5.32 Å². The molecule has 1 aromatic carbocycles. The summed E-state index contributed by atoms with van der Waals surface area (Å²) in [5.74, 6) is -1.13. The molecule has 24 heavy (non-hydrogen) atoms. The van der Waals surface area contributed by atoms with E-state index in [1.165, 1.54) is 0 Å². The zero-order chi connectivity index (χ0) is 17.6. The molecule has 0 spiro atoms. The lowest BCUT2D eigenvalue weighted by Crippen LogP contribution is -2.41. The highest BCUT2D eigenvalue weighted by Crippen LogP contribution is 2.29. The number of carboxylic acid groups (broad SMARTS) is 1. The summed E-state index contributed by atoms with van der Waals surface area (Å²) in [6.07, 6.45) is 0. The van der Waals surface area contributed by atoms with Crippen LogP contribution in [0.1, 0.15) is 42.4 Å². The zero-order valence-corrected chi connectivity index (χ0v) is 14.0. The van der Waals surface area contributed by atoms with Crippen molar-refractivity contribution in [2.24, 2.45) is 10.9 Å². The van der Waals surface area contributed by atoms with Crippen molar-refractivity contribution in [1.82, 2.24) is 10.3 Å². The van der Waals surface area contributed by atoms with Gasteiger partial charge in [0.25, 0.3) is 5.91 Å². The number of nitrogens with one attached hydrogen (secondary N) is 1. The predicted molar refractivity (Wildman–Crippen MR) is 91.4 cm³/mol. The number of rotatable bonds is 3. The van der Waals surface area contributed by atoms with Crippen molar-refractivity contribution in [2.45, 2.75) is 33.2 Å².